The number of rotatable bonds is 2. The van der Waals surface area contributed by atoms with Crippen molar-refractivity contribution in [2.75, 3.05) is 6.54 Å². The van der Waals surface area contributed by atoms with Gasteiger partial charge in [-0.15, -0.1) is 0 Å². The van der Waals surface area contributed by atoms with Crippen molar-refractivity contribution in [1.82, 2.24) is 0 Å². The SMILES string of the molecule is NCCC1C=C[C@@H](F)CC1. The Hall–Kier alpha value is -0.370. The minimum absolute atomic E-state index is 0.539. The lowest BCUT2D eigenvalue weighted by atomic mass is 9.92. The van der Waals surface area contributed by atoms with Crippen LogP contribution in [0, 0.1) is 5.92 Å². The minimum atomic E-state index is -0.700. The predicted octanol–water partition coefficient (Wildman–Crippen LogP) is 1.64. The van der Waals surface area contributed by atoms with Crippen molar-refractivity contribution in [3.8, 4) is 0 Å². The van der Waals surface area contributed by atoms with Crippen LogP contribution in [0.15, 0.2) is 12.2 Å². The summed E-state index contributed by atoms with van der Waals surface area (Å²) in [6.07, 6.45) is 5.57. The molecular formula is C8H14FN. The molecule has 0 aliphatic heterocycles. The zero-order valence-corrected chi connectivity index (χ0v) is 6.09. The van der Waals surface area contributed by atoms with E-state index in [1.807, 2.05) is 6.08 Å². The Morgan fingerprint density at radius 2 is 2.20 bits per heavy atom. The normalized spacial score (nSPS) is 32.6. The lowest BCUT2D eigenvalue weighted by Crippen LogP contribution is -2.12. The van der Waals surface area contributed by atoms with Gasteiger partial charge in [0.1, 0.15) is 6.17 Å². The summed E-state index contributed by atoms with van der Waals surface area (Å²) in [6, 6.07) is 0. The van der Waals surface area contributed by atoms with Crippen molar-refractivity contribution in [1.29, 1.82) is 0 Å². The minimum Gasteiger partial charge on any atom is -0.330 e. The molecule has 10 heavy (non-hydrogen) atoms. The average Bonchev–Trinajstić information content (AvgIpc) is 1.95. The van der Waals surface area contributed by atoms with Crippen LogP contribution in [0.25, 0.3) is 0 Å². The van der Waals surface area contributed by atoms with Crippen LogP contribution in [0.3, 0.4) is 0 Å². The first kappa shape index (κ1) is 7.73. The van der Waals surface area contributed by atoms with Gasteiger partial charge in [0, 0.05) is 0 Å². The number of alkyl halides is 1. The van der Waals surface area contributed by atoms with Crippen molar-refractivity contribution in [2.24, 2.45) is 11.7 Å². The van der Waals surface area contributed by atoms with Crippen LogP contribution in [0.2, 0.25) is 0 Å². The predicted molar refractivity (Wildman–Crippen MR) is 40.4 cm³/mol. The molecule has 1 rings (SSSR count). The van der Waals surface area contributed by atoms with E-state index in [0.717, 1.165) is 12.8 Å². The molecule has 0 fully saturated rings. The average molecular weight is 143 g/mol. The number of nitrogens with two attached hydrogens (primary N) is 1. The second-order valence-electron chi connectivity index (χ2n) is 2.82. The van der Waals surface area contributed by atoms with Gasteiger partial charge in [-0.25, -0.2) is 4.39 Å². The highest BCUT2D eigenvalue weighted by Crippen LogP contribution is 2.21. The number of hydrogen-bond donors (Lipinski definition) is 1. The molecule has 1 nitrogen and oxygen atoms in total. The van der Waals surface area contributed by atoms with Gasteiger partial charge in [-0.1, -0.05) is 12.2 Å². The molecule has 1 aliphatic rings. The molecule has 1 aliphatic carbocycles. The van der Waals surface area contributed by atoms with Crippen molar-refractivity contribution in [2.45, 2.75) is 25.4 Å². The molecule has 0 saturated carbocycles. The first-order valence-corrected chi connectivity index (χ1v) is 3.85. The molecule has 2 atom stereocenters. The quantitative estimate of drug-likeness (QED) is 0.584. The van der Waals surface area contributed by atoms with E-state index in [4.69, 9.17) is 5.73 Å². The van der Waals surface area contributed by atoms with E-state index in [-0.39, 0.29) is 0 Å². The highest BCUT2D eigenvalue weighted by molar-refractivity contribution is 4.98. The van der Waals surface area contributed by atoms with E-state index in [1.54, 1.807) is 6.08 Å². The fraction of sp³-hybridized carbons (Fsp3) is 0.750. The Labute approximate surface area is 61.1 Å². The summed E-state index contributed by atoms with van der Waals surface area (Å²) in [5, 5.41) is 0. The van der Waals surface area contributed by atoms with Gasteiger partial charge in [-0.05, 0) is 31.7 Å². The zero-order valence-electron chi connectivity index (χ0n) is 6.09. The number of allylic oxidation sites excluding steroid dienone is 2. The monoisotopic (exact) mass is 143 g/mol. The first-order chi connectivity index (χ1) is 4.83. The molecule has 0 saturated heterocycles. The summed E-state index contributed by atoms with van der Waals surface area (Å²) in [6.45, 7) is 0.714. The Balaban J connectivity index is 2.30. The topological polar surface area (TPSA) is 26.0 Å². The summed E-state index contributed by atoms with van der Waals surface area (Å²) >= 11 is 0. The molecule has 0 heterocycles. The highest BCUT2D eigenvalue weighted by Gasteiger charge is 2.13. The van der Waals surface area contributed by atoms with Gasteiger partial charge in [0.2, 0.25) is 0 Å². The Kier molecular flexibility index (Phi) is 2.87. The Bertz CT molecular complexity index is 122. The van der Waals surface area contributed by atoms with Gasteiger partial charge in [0.15, 0.2) is 0 Å². The summed E-state index contributed by atoms with van der Waals surface area (Å²) in [5.74, 6) is 0.539. The van der Waals surface area contributed by atoms with Gasteiger partial charge in [0.25, 0.3) is 0 Å². The highest BCUT2D eigenvalue weighted by atomic mass is 19.1. The first-order valence-electron chi connectivity index (χ1n) is 3.85. The lowest BCUT2D eigenvalue weighted by Gasteiger charge is -2.16. The zero-order chi connectivity index (χ0) is 7.40. The second kappa shape index (κ2) is 3.71. The standard InChI is InChI=1S/C8H14FN/c9-8-3-1-7(2-4-8)5-6-10/h1,3,7-8H,2,4-6,10H2/t7?,8-/m1/s1. The van der Waals surface area contributed by atoms with Gasteiger partial charge in [0.05, 0.1) is 0 Å². The van der Waals surface area contributed by atoms with Crippen molar-refractivity contribution in [3.63, 3.8) is 0 Å². The van der Waals surface area contributed by atoms with Crippen LogP contribution >= 0.6 is 0 Å². The second-order valence-corrected chi connectivity index (χ2v) is 2.82. The summed E-state index contributed by atoms with van der Waals surface area (Å²) < 4.78 is 12.5. The third kappa shape index (κ3) is 2.10. The third-order valence-corrected chi connectivity index (χ3v) is 1.94. The van der Waals surface area contributed by atoms with Crippen LogP contribution in [0.4, 0.5) is 4.39 Å². The van der Waals surface area contributed by atoms with Crippen LogP contribution in [0.5, 0.6) is 0 Å². The van der Waals surface area contributed by atoms with Gasteiger partial charge >= 0.3 is 0 Å². The van der Waals surface area contributed by atoms with Crippen molar-refractivity contribution < 1.29 is 4.39 Å². The summed E-state index contributed by atoms with van der Waals surface area (Å²) in [5.41, 5.74) is 5.37. The molecule has 0 spiro atoms. The summed E-state index contributed by atoms with van der Waals surface area (Å²) in [4.78, 5) is 0. The van der Waals surface area contributed by atoms with E-state index in [2.05, 4.69) is 0 Å². The fourth-order valence-electron chi connectivity index (χ4n) is 1.30. The maximum Gasteiger partial charge on any atom is 0.118 e. The fourth-order valence-corrected chi connectivity index (χ4v) is 1.30. The number of halogens is 1. The van der Waals surface area contributed by atoms with E-state index in [1.165, 1.54) is 0 Å². The molecule has 58 valence electrons. The number of hydrogen-bond acceptors (Lipinski definition) is 1. The van der Waals surface area contributed by atoms with Crippen molar-refractivity contribution >= 4 is 0 Å². The Morgan fingerprint density at radius 1 is 1.40 bits per heavy atom. The van der Waals surface area contributed by atoms with E-state index in [9.17, 15) is 4.39 Å². The smallest absolute Gasteiger partial charge is 0.118 e. The molecule has 0 aromatic carbocycles. The third-order valence-electron chi connectivity index (χ3n) is 1.94. The Morgan fingerprint density at radius 3 is 2.70 bits per heavy atom. The maximum atomic E-state index is 12.5. The van der Waals surface area contributed by atoms with Gasteiger partial charge < -0.3 is 5.73 Å². The molecular weight excluding hydrogens is 129 g/mol. The van der Waals surface area contributed by atoms with Crippen LogP contribution in [0.1, 0.15) is 19.3 Å². The largest absolute Gasteiger partial charge is 0.330 e. The molecule has 0 bridgehead atoms. The molecule has 0 amide bonds. The van der Waals surface area contributed by atoms with E-state index < -0.39 is 6.17 Å². The molecule has 2 heteroatoms. The summed E-state index contributed by atoms with van der Waals surface area (Å²) in [7, 11) is 0. The van der Waals surface area contributed by atoms with Gasteiger partial charge in [-0.2, -0.15) is 0 Å². The lowest BCUT2D eigenvalue weighted by molar-refractivity contribution is 0.331. The van der Waals surface area contributed by atoms with Crippen molar-refractivity contribution in [3.05, 3.63) is 12.2 Å². The molecule has 0 aromatic heterocycles. The van der Waals surface area contributed by atoms with Gasteiger partial charge in [-0.3, -0.25) is 0 Å². The molecule has 0 radical (unpaired) electrons. The van der Waals surface area contributed by atoms with E-state index >= 15 is 0 Å². The maximum absolute atomic E-state index is 12.5. The van der Waals surface area contributed by atoms with Crippen LogP contribution in [-0.2, 0) is 0 Å². The van der Waals surface area contributed by atoms with Crippen LogP contribution in [-0.4, -0.2) is 12.7 Å². The van der Waals surface area contributed by atoms with E-state index in [0.29, 0.717) is 18.9 Å². The van der Waals surface area contributed by atoms with Crippen LogP contribution < -0.4 is 5.73 Å². The molecule has 1 unspecified atom stereocenters. The molecule has 2 N–H and O–H groups in total. The molecule has 0 aromatic rings.